The Labute approximate surface area is 181 Å². The summed E-state index contributed by atoms with van der Waals surface area (Å²) in [5.41, 5.74) is 3.11. The van der Waals surface area contributed by atoms with Gasteiger partial charge < -0.3 is 10.1 Å². The summed E-state index contributed by atoms with van der Waals surface area (Å²) in [5.74, 6) is 0.455. The highest BCUT2D eigenvalue weighted by molar-refractivity contribution is 5.79. The number of benzene rings is 1. The number of hydrogen-bond acceptors (Lipinski definition) is 4. The minimum atomic E-state index is 0.170. The standard InChI is InChI=1S/C25H37N3O2/c29-25(26-22-9-14-30-15-10-22)21-6-3-11-28(18-21)23-7-12-27(13-8-23)24-16-19-4-1-2-5-20(19)17-24/h1-2,4-5,21-24H,3,6-18H2,(H,26,29). The van der Waals surface area contributed by atoms with E-state index in [4.69, 9.17) is 4.74 Å². The first kappa shape index (κ1) is 20.5. The molecule has 5 rings (SSSR count). The van der Waals surface area contributed by atoms with Crippen molar-refractivity contribution in [3.63, 3.8) is 0 Å². The van der Waals surface area contributed by atoms with E-state index in [2.05, 4.69) is 39.4 Å². The van der Waals surface area contributed by atoms with Gasteiger partial charge in [-0.05, 0) is 82.1 Å². The lowest BCUT2D eigenvalue weighted by atomic mass is 9.92. The third kappa shape index (κ3) is 4.58. The van der Waals surface area contributed by atoms with Crippen LogP contribution in [-0.4, -0.2) is 73.2 Å². The van der Waals surface area contributed by atoms with E-state index in [9.17, 15) is 4.79 Å². The molecule has 1 amide bonds. The van der Waals surface area contributed by atoms with E-state index < -0.39 is 0 Å². The van der Waals surface area contributed by atoms with Gasteiger partial charge >= 0.3 is 0 Å². The van der Waals surface area contributed by atoms with Gasteiger partial charge in [-0.3, -0.25) is 14.6 Å². The summed E-state index contributed by atoms with van der Waals surface area (Å²) in [5, 5.41) is 3.31. The van der Waals surface area contributed by atoms with Gasteiger partial charge in [0.15, 0.2) is 0 Å². The number of rotatable bonds is 4. The summed E-state index contributed by atoms with van der Waals surface area (Å²) in [4.78, 5) is 18.2. The van der Waals surface area contributed by atoms with Crippen molar-refractivity contribution in [1.29, 1.82) is 0 Å². The highest BCUT2D eigenvalue weighted by Gasteiger charge is 2.35. The van der Waals surface area contributed by atoms with Gasteiger partial charge in [0, 0.05) is 37.9 Å². The molecule has 30 heavy (non-hydrogen) atoms. The van der Waals surface area contributed by atoms with Crippen LogP contribution in [0.1, 0.15) is 49.7 Å². The quantitative estimate of drug-likeness (QED) is 0.827. The van der Waals surface area contributed by atoms with Crippen LogP contribution in [0, 0.1) is 5.92 Å². The number of piperidine rings is 2. The van der Waals surface area contributed by atoms with E-state index in [1.807, 2.05) is 0 Å². The molecule has 0 aromatic heterocycles. The molecule has 1 atom stereocenters. The topological polar surface area (TPSA) is 44.8 Å². The van der Waals surface area contributed by atoms with Crippen molar-refractivity contribution >= 4 is 5.91 Å². The molecule has 0 spiro atoms. The van der Waals surface area contributed by atoms with Crippen LogP contribution >= 0.6 is 0 Å². The smallest absolute Gasteiger partial charge is 0.224 e. The number of carbonyl (C=O) groups is 1. The molecule has 3 aliphatic heterocycles. The van der Waals surface area contributed by atoms with Crippen LogP contribution in [0.4, 0.5) is 0 Å². The predicted molar refractivity (Wildman–Crippen MR) is 119 cm³/mol. The minimum absolute atomic E-state index is 0.170. The van der Waals surface area contributed by atoms with Crippen LogP contribution in [0.25, 0.3) is 0 Å². The lowest BCUT2D eigenvalue weighted by Crippen LogP contribution is -2.53. The molecule has 4 aliphatic rings. The van der Waals surface area contributed by atoms with Gasteiger partial charge in [-0.2, -0.15) is 0 Å². The Bertz CT molecular complexity index is 700. The highest BCUT2D eigenvalue weighted by Crippen LogP contribution is 2.30. The number of amides is 1. The Morgan fingerprint density at radius 1 is 0.867 bits per heavy atom. The number of fused-ring (bicyclic) bond motifs is 1. The molecule has 0 radical (unpaired) electrons. The minimum Gasteiger partial charge on any atom is -0.381 e. The second-order valence-corrected chi connectivity index (χ2v) is 9.83. The summed E-state index contributed by atoms with van der Waals surface area (Å²) in [6.45, 7) is 6.10. The summed E-state index contributed by atoms with van der Waals surface area (Å²) in [6.07, 6.45) is 9.08. The summed E-state index contributed by atoms with van der Waals surface area (Å²) in [6, 6.07) is 10.6. The average molecular weight is 412 g/mol. The van der Waals surface area contributed by atoms with Crippen molar-refractivity contribution in [3.8, 4) is 0 Å². The van der Waals surface area contributed by atoms with Crippen LogP contribution < -0.4 is 5.32 Å². The maximum Gasteiger partial charge on any atom is 0.224 e. The molecular formula is C25H37N3O2. The molecular weight excluding hydrogens is 374 g/mol. The third-order valence-corrected chi connectivity index (χ3v) is 7.95. The maximum atomic E-state index is 12.8. The van der Waals surface area contributed by atoms with Gasteiger partial charge in [0.1, 0.15) is 0 Å². The number of carbonyl (C=O) groups excluding carboxylic acids is 1. The summed E-state index contributed by atoms with van der Waals surface area (Å²) < 4.78 is 5.42. The molecule has 0 saturated carbocycles. The van der Waals surface area contributed by atoms with E-state index in [1.165, 1.54) is 45.3 Å². The zero-order valence-corrected chi connectivity index (χ0v) is 18.2. The average Bonchev–Trinajstić information content (AvgIpc) is 3.24. The SMILES string of the molecule is O=C(NC1CCOCC1)C1CCCN(C2CCN(C3Cc4ccccc4C3)CC2)C1. The lowest BCUT2D eigenvalue weighted by Gasteiger charge is -2.43. The molecule has 5 heteroatoms. The van der Waals surface area contributed by atoms with Gasteiger partial charge in [0.05, 0.1) is 5.92 Å². The van der Waals surface area contributed by atoms with E-state index in [-0.39, 0.29) is 11.8 Å². The van der Waals surface area contributed by atoms with Gasteiger partial charge in [-0.25, -0.2) is 0 Å². The first-order valence-corrected chi connectivity index (χ1v) is 12.2. The van der Waals surface area contributed by atoms with Crippen molar-refractivity contribution in [2.75, 3.05) is 39.4 Å². The van der Waals surface area contributed by atoms with Gasteiger partial charge in [-0.1, -0.05) is 24.3 Å². The van der Waals surface area contributed by atoms with Crippen LogP contribution in [0.2, 0.25) is 0 Å². The Hall–Kier alpha value is -1.43. The van der Waals surface area contributed by atoms with Crippen molar-refractivity contribution in [1.82, 2.24) is 15.1 Å². The van der Waals surface area contributed by atoms with Gasteiger partial charge in [0.25, 0.3) is 0 Å². The first-order valence-electron chi connectivity index (χ1n) is 12.2. The third-order valence-electron chi connectivity index (χ3n) is 7.95. The molecule has 1 aliphatic carbocycles. The van der Waals surface area contributed by atoms with E-state index in [1.54, 1.807) is 11.1 Å². The first-order chi connectivity index (χ1) is 14.8. The Morgan fingerprint density at radius 2 is 1.57 bits per heavy atom. The van der Waals surface area contributed by atoms with Crippen molar-refractivity contribution in [2.45, 2.75) is 69.5 Å². The normalized spacial score (nSPS) is 27.8. The Balaban J connectivity index is 1.10. The van der Waals surface area contributed by atoms with Crippen LogP contribution in [0.3, 0.4) is 0 Å². The zero-order chi connectivity index (χ0) is 20.3. The zero-order valence-electron chi connectivity index (χ0n) is 18.2. The van der Waals surface area contributed by atoms with Gasteiger partial charge in [-0.15, -0.1) is 0 Å². The number of hydrogen-bond donors (Lipinski definition) is 1. The molecule has 3 saturated heterocycles. The molecule has 3 heterocycles. The monoisotopic (exact) mass is 411 g/mol. The van der Waals surface area contributed by atoms with Crippen LogP contribution in [-0.2, 0) is 22.4 Å². The fraction of sp³-hybridized carbons (Fsp3) is 0.720. The predicted octanol–water partition coefficient (Wildman–Crippen LogP) is 2.63. The van der Waals surface area contributed by atoms with E-state index in [0.717, 1.165) is 45.4 Å². The molecule has 1 N–H and O–H groups in total. The lowest BCUT2D eigenvalue weighted by molar-refractivity contribution is -0.128. The molecule has 1 aromatic rings. The summed E-state index contributed by atoms with van der Waals surface area (Å²) in [7, 11) is 0. The Kier molecular flexibility index (Phi) is 6.40. The molecule has 1 unspecified atom stereocenters. The fourth-order valence-electron chi connectivity index (χ4n) is 6.12. The highest BCUT2D eigenvalue weighted by atomic mass is 16.5. The van der Waals surface area contributed by atoms with Crippen LogP contribution in [0.5, 0.6) is 0 Å². The molecule has 0 bridgehead atoms. The second kappa shape index (κ2) is 9.37. The van der Waals surface area contributed by atoms with Crippen molar-refractivity contribution in [3.05, 3.63) is 35.4 Å². The fourth-order valence-corrected chi connectivity index (χ4v) is 6.12. The molecule has 5 nitrogen and oxygen atoms in total. The largest absolute Gasteiger partial charge is 0.381 e. The van der Waals surface area contributed by atoms with Crippen molar-refractivity contribution in [2.24, 2.45) is 5.92 Å². The molecule has 164 valence electrons. The number of ether oxygens (including phenoxy) is 1. The molecule has 1 aromatic carbocycles. The Morgan fingerprint density at radius 3 is 2.27 bits per heavy atom. The van der Waals surface area contributed by atoms with Crippen LogP contribution in [0.15, 0.2) is 24.3 Å². The maximum absolute atomic E-state index is 12.8. The second-order valence-electron chi connectivity index (χ2n) is 9.83. The van der Waals surface area contributed by atoms with E-state index >= 15 is 0 Å². The summed E-state index contributed by atoms with van der Waals surface area (Å²) >= 11 is 0. The van der Waals surface area contributed by atoms with E-state index in [0.29, 0.717) is 18.1 Å². The number of nitrogens with zero attached hydrogens (tertiary/aromatic N) is 2. The molecule has 3 fully saturated rings. The van der Waals surface area contributed by atoms with Gasteiger partial charge in [0.2, 0.25) is 5.91 Å². The van der Waals surface area contributed by atoms with Crippen molar-refractivity contribution < 1.29 is 9.53 Å². The number of nitrogens with one attached hydrogen (secondary N) is 1. The number of likely N-dealkylation sites (tertiary alicyclic amines) is 2.